The van der Waals surface area contributed by atoms with Gasteiger partial charge in [0.15, 0.2) is 5.16 Å². The maximum atomic E-state index is 12.3. The van der Waals surface area contributed by atoms with E-state index < -0.39 is 0 Å². The van der Waals surface area contributed by atoms with Crippen molar-refractivity contribution in [2.24, 2.45) is 0 Å². The Morgan fingerprint density at radius 1 is 1.06 bits per heavy atom. The smallest absolute Gasteiger partial charge is 0.230 e. The van der Waals surface area contributed by atoms with Crippen molar-refractivity contribution in [3.63, 3.8) is 0 Å². The zero-order valence-corrected chi connectivity index (χ0v) is 17.8. The Kier molecular flexibility index (Phi) is 6.68. The number of ether oxygens (including phenoxy) is 1. The quantitative estimate of drug-likeness (QED) is 0.403. The van der Waals surface area contributed by atoms with Gasteiger partial charge < -0.3 is 14.5 Å². The summed E-state index contributed by atoms with van der Waals surface area (Å²) in [4.78, 5) is 12.3. The zero-order valence-electron chi connectivity index (χ0n) is 17.0. The predicted octanol–water partition coefficient (Wildman–Crippen LogP) is 3.87. The molecule has 0 atom stereocenters. The van der Waals surface area contributed by atoms with E-state index >= 15 is 0 Å². The number of hydrogen-bond acceptors (Lipinski definition) is 6. The number of furan rings is 1. The fourth-order valence-electron chi connectivity index (χ4n) is 3.06. The summed E-state index contributed by atoms with van der Waals surface area (Å²) in [6, 6.07) is 21.4. The zero-order chi connectivity index (χ0) is 21.5. The second-order valence-electron chi connectivity index (χ2n) is 6.74. The molecule has 0 aliphatic carbocycles. The number of thioether (sulfide) groups is 1. The number of nitrogens with one attached hydrogen (secondary N) is 1. The Morgan fingerprint density at radius 2 is 1.87 bits per heavy atom. The Morgan fingerprint density at radius 3 is 2.58 bits per heavy atom. The van der Waals surface area contributed by atoms with Crippen molar-refractivity contribution in [2.45, 2.75) is 18.1 Å². The fourth-order valence-corrected chi connectivity index (χ4v) is 3.86. The van der Waals surface area contributed by atoms with Crippen LogP contribution in [0.5, 0.6) is 5.75 Å². The molecule has 4 rings (SSSR count). The molecule has 31 heavy (non-hydrogen) atoms. The molecule has 0 fully saturated rings. The van der Waals surface area contributed by atoms with Gasteiger partial charge in [-0.1, -0.05) is 42.1 Å². The highest BCUT2D eigenvalue weighted by Gasteiger charge is 2.16. The lowest BCUT2D eigenvalue weighted by Gasteiger charge is -2.11. The van der Waals surface area contributed by atoms with Gasteiger partial charge in [0.25, 0.3) is 0 Å². The van der Waals surface area contributed by atoms with Gasteiger partial charge in [-0.25, -0.2) is 0 Å². The number of methoxy groups -OCH3 is 1. The first-order chi connectivity index (χ1) is 15.2. The number of aromatic nitrogens is 3. The van der Waals surface area contributed by atoms with Crippen LogP contribution in [-0.2, 0) is 17.8 Å². The molecule has 0 radical (unpaired) electrons. The van der Waals surface area contributed by atoms with E-state index in [-0.39, 0.29) is 11.7 Å². The van der Waals surface area contributed by atoms with E-state index in [9.17, 15) is 4.79 Å². The molecule has 1 amide bonds. The Hall–Kier alpha value is -3.52. The molecule has 0 saturated heterocycles. The van der Waals surface area contributed by atoms with Crippen molar-refractivity contribution < 1.29 is 13.9 Å². The molecule has 0 bridgehead atoms. The van der Waals surface area contributed by atoms with E-state index in [0.717, 1.165) is 22.8 Å². The van der Waals surface area contributed by atoms with Gasteiger partial charge in [0, 0.05) is 12.1 Å². The largest absolute Gasteiger partial charge is 0.497 e. The first-order valence-electron chi connectivity index (χ1n) is 9.77. The lowest BCUT2D eigenvalue weighted by molar-refractivity contribution is -0.118. The molecule has 0 unspecified atom stereocenters. The summed E-state index contributed by atoms with van der Waals surface area (Å²) in [5, 5.41) is 12.3. The van der Waals surface area contributed by atoms with E-state index in [1.54, 1.807) is 19.4 Å². The van der Waals surface area contributed by atoms with Crippen LogP contribution in [0.1, 0.15) is 17.1 Å². The first kappa shape index (κ1) is 20.7. The molecule has 2 heterocycles. The predicted molar refractivity (Wildman–Crippen MR) is 118 cm³/mol. The number of nitrogens with zero attached hydrogens (tertiary/aromatic N) is 3. The van der Waals surface area contributed by atoms with Crippen molar-refractivity contribution in [1.82, 2.24) is 20.1 Å². The van der Waals surface area contributed by atoms with Gasteiger partial charge in [-0.2, -0.15) is 0 Å². The van der Waals surface area contributed by atoms with E-state index in [2.05, 4.69) is 27.6 Å². The SMILES string of the molecule is COc1ccc(-n2c(Cc3ccccc3)nnc2SCC(=O)NCc2ccco2)cc1. The lowest BCUT2D eigenvalue weighted by Crippen LogP contribution is -2.24. The number of benzene rings is 2. The van der Waals surface area contributed by atoms with E-state index in [1.165, 1.54) is 11.8 Å². The van der Waals surface area contributed by atoms with Crippen LogP contribution in [0.3, 0.4) is 0 Å². The van der Waals surface area contributed by atoms with E-state index in [0.29, 0.717) is 23.9 Å². The van der Waals surface area contributed by atoms with E-state index in [1.807, 2.05) is 53.1 Å². The van der Waals surface area contributed by atoms with Crippen molar-refractivity contribution in [1.29, 1.82) is 0 Å². The molecule has 2 aromatic heterocycles. The minimum Gasteiger partial charge on any atom is -0.497 e. The second-order valence-corrected chi connectivity index (χ2v) is 7.68. The van der Waals surface area contributed by atoms with Crippen LogP contribution < -0.4 is 10.1 Å². The molecule has 1 N–H and O–H groups in total. The Balaban J connectivity index is 1.52. The second kappa shape index (κ2) is 9.99. The van der Waals surface area contributed by atoms with Crippen molar-refractivity contribution in [2.75, 3.05) is 12.9 Å². The van der Waals surface area contributed by atoms with Crippen LogP contribution in [0.15, 0.2) is 82.6 Å². The third kappa shape index (κ3) is 5.35. The fraction of sp³-hybridized carbons (Fsp3) is 0.174. The van der Waals surface area contributed by atoms with Crippen LogP contribution in [0.4, 0.5) is 0 Å². The van der Waals surface area contributed by atoms with Gasteiger partial charge in [0.05, 0.1) is 25.7 Å². The normalized spacial score (nSPS) is 10.7. The minimum atomic E-state index is -0.102. The Labute approximate surface area is 184 Å². The summed E-state index contributed by atoms with van der Waals surface area (Å²) in [5.74, 6) is 2.41. The highest BCUT2D eigenvalue weighted by Crippen LogP contribution is 2.25. The maximum Gasteiger partial charge on any atom is 0.230 e. The van der Waals surface area contributed by atoms with Gasteiger partial charge in [-0.3, -0.25) is 9.36 Å². The molecular formula is C23H22N4O3S. The molecule has 0 aliphatic heterocycles. The molecule has 0 spiro atoms. The van der Waals surface area contributed by atoms with Crippen LogP contribution in [0.25, 0.3) is 5.69 Å². The number of rotatable bonds is 9. The third-order valence-corrected chi connectivity index (χ3v) is 5.54. The molecular weight excluding hydrogens is 412 g/mol. The average Bonchev–Trinajstić information content (AvgIpc) is 3.47. The van der Waals surface area contributed by atoms with Crippen molar-refractivity contribution in [3.05, 3.63) is 90.1 Å². The van der Waals surface area contributed by atoms with Gasteiger partial charge in [-0.15, -0.1) is 10.2 Å². The Bertz CT molecular complexity index is 1110. The van der Waals surface area contributed by atoms with Crippen LogP contribution >= 0.6 is 11.8 Å². The van der Waals surface area contributed by atoms with Crippen LogP contribution in [0.2, 0.25) is 0 Å². The molecule has 0 aliphatic rings. The van der Waals surface area contributed by atoms with E-state index in [4.69, 9.17) is 9.15 Å². The molecule has 4 aromatic rings. The van der Waals surface area contributed by atoms with Crippen molar-refractivity contribution >= 4 is 17.7 Å². The number of hydrogen-bond donors (Lipinski definition) is 1. The summed E-state index contributed by atoms with van der Waals surface area (Å²) < 4.78 is 12.5. The monoisotopic (exact) mass is 434 g/mol. The van der Waals surface area contributed by atoms with Gasteiger partial charge in [0.2, 0.25) is 5.91 Å². The third-order valence-electron chi connectivity index (χ3n) is 4.61. The lowest BCUT2D eigenvalue weighted by atomic mass is 10.1. The summed E-state index contributed by atoms with van der Waals surface area (Å²) in [7, 11) is 1.64. The highest BCUT2D eigenvalue weighted by atomic mass is 32.2. The summed E-state index contributed by atoms with van der Waals surface area (Å²) >= 11 is 1.34. The standard InChI is InChI=1S/C23H22N4O3S/c1-29-19-11-9-18(10-12-19)27-21(14-17-6-3-2-4-7-17)25-26-23(27)31-16-22(28)24-15-20-8-5-13-30-20/h2-13H,14-16H2,1H3,(H,24,28). The molecule has 0 saturated carbocycles. The number of amides is 1. The van der Waals surface area contributed by atoms with Gasteiger partial charge >= 0.3 is 0 Å². The first-order valence-corrected chi connectivity index (χ1v) is 10.8. The number of carbonyl (C=O) groups excluding carboxylic acids is 1. The maximum absolute atomic E-state index is 12.3. The van der Waals surface area contributed by atoms with Gasteiger partial charge in [0.1, 0.15) is 17.3 Å². The molecule has 8 heteroatoms. The van der Waals surface area contributed by atoms with Crippen molar-refractivity contribution in [3.8, 4) is 11.4 Å². The molecule has 7 nitrogen and oxygen atoms in total. The van der Waals surface area contributed by atoms with Crippen LogP contribution in [0, 0.1) is 0 Å². The minimum absolute atomic E-state index is 0.102. The number of carbonyl (C=O) groups is 1. The topological polar surface area (TPSA) is 82.2 Å². The average molecular weight is 435 g/mol. The van der Waals surface area contributed by atoms with Gasteiger partial charge in [-0.05, 0) is 42.0 Å². The van der Waals surface area contributed by atoms with Crippen LogP contribution in [-0.4, -0.2) is 33.5 Å². The highest BCUT2D eigenvalue weighted by molar-refractivity contribution is 7.99. The summed E-state index contributed by atoms with van der Waals surface area (Å²) in [6.45, 7) is 0.358. The molecule has 2 aromatic carbocycles. The summed E-state index contributed by atoms with van der Waals surface area (Å²) in [6.07, 6.45) is 2.22. The summed E-state index contributed by atoms with van der Waals surface area (Å²) in [5.41, 5.74) is 2.05. The molecule has 158 valence electrons.